The minimum Gasteiger partial charge on any atom is -0.633 e. The molecule has 0 aromatic heterocycles. The second-order valence-corrected chi connectivity index (χ2v) is 13.6. The third kappa shape index (κ3) is 7.89. The van der Waals surface area contributed by atoms with Gasteiger partial charge in [0, 0.05) is 19.6 Å². The van der Waals surface area contributed by atoms with Crippen LogP contribution in [0.5, 0.6) is 5.75 Å². The highest BCUT2D eigenvalue weighted by Gasteiger charge is 2.42. The number of ether oxygens (including phenoxy) is 3. The number of carbonyl (C=O) groups is 1. The molecule has 0 unspecified atom stereocenters. The summed E-state index contributed by atoms with van der Waals surface area (Å²) < 4.78 is 46.0. The second-order valence-electron chi connectivity index (χ2n) is 11.8. The molecule has 3 rings (SSSR count). The number of hydrogen-bond donors (Lipinski definition) is 0. The minimum atomic E-state index is -3.86. The minimum absolute atomic E-state index is 0.0578. The average Bonchev–Trinajstić information content (AvgIpc) is 2.82. The van der Waals surface area contributed by atoms with Crippen LogP contribution < -0.4 is 4.74 Å². The van der Waals surface area contributed by atoms with Gasteiger partial charge in [-0.25, -0.2) is 8.42 Å². The lowest BCUT2D eigenvalue weighted by molar-refractivity contribution is -0.840. The topological polar surface area (TPSA) is 108 Å². The van der Waals surface area contributed by atoms with Crippen LogP contribution in [0.2, 0.25) is 0 Å². The van der Waals surface area contributed by atoms with Crippen molar-refractivity contribution < 1.29 is 32.1 Å². The quantitative estimate of drug-likeness (QED) is 0.323. The molecule has 216 valence electrons. The summed E-state index contributed by atoms with van der Waals surface area (Å²) in [6, 6.07) is 2.89. The van der Waals surface area contributed by atoms with Gasteiger partial charge < -0.3 is 29.0 Å². The molecular formula is C27H45N3O7S. The molecule has 1 aromatic rings. The van der Waals surface area contributed by atoms with Gasteiger partial charge in [-0.15, -0.1) is 0 Å². The van der Waals surface area contributed by atoms with Crippen molar-refractivity contribution in [2.24, 2.45) is 5.92 Å². The third-order valence-electron chi connectivity index (χ3n) is 7.43. The summed E-state index contributed by atoms with van der Waals surface area (Å²) in [5, 5.41) is 11.8. The summed E-state index contributed by atoms with van der Waals surface area (Å²) >= 11 is 0. The zero-order valence-electron chi connectivity index (χ0n) is 24.0. The van der Waals surface area contributed by atoms with Crippen LogP contribution in [0.1, 0.15) is 44.2 Å². The molecule has 1 amide bonds. The molecule has 11 heteroatoms. The maximum Gasteiger partial charge on any atom is 0.248 e. The standard InChI is InChI=1S/C27H45N3O7S/c1-20-14-24(35-7)15-21(2)26(20)38(33,34)29-19-27(3,4)37-17-23(29)16-36-18-25(31)28-11-8-22(9-12-28)10-13-30(5,6)32/h14-15,22-23H,8-13,16-19H2,1-7H3/t23-/m1/s1. The van der Waals surface area contributed by atoms with Gasteiger partial charge in [0.05, 0.1) is 57.5 Å². The van der Waals surface area contributed by atoms with E-state index in [1.807, 2.05) is 13.8 Å². The number of methoxy groups -OCH3 is 1. The molecule has 10 nitrogen and oxygen atoms in total. The Hall–Kier alpha value is -1.76. The Bertz CT molecular complexity index is 1050. The predicted octanol–water partition coefficient (Wildman–Crippen LogP) is 2.70. The van der Waals surface area contributed by atoms with Crippen LogP contribution in [-0.2, 0) is 24.3 Å². The van der Waals surface area contributed by atoms with E-state index in [9.17, 15) is 18.4 Å². The van der Waals surface area contributed by atoms with E-state index < -0.39 is 21.7 Å². The number of carbonyl (C=O) groups excluding carboxylic acids is 1. The third-order valence-corrected chi connectivity index (χ3v) is 9.63. The van der Waals surface area contributed by atoms with Crippen LogP contribution in [-0.4, -0.2) is 107 Å². The van der Waals surface area contributed by atoms with Gasteiger partial charge in [0.1, 0.15) is 12.4 Å². The zero-order valence-corrected chi connectivity index (χ0v) is 24.8. The predicted molar refractivity (Wildman–Crippen MR) is 145 cm³/mol. The highest BCUT2D eigenvalue weighted by Crippen LogP contribution is 2.33. The first-order valence-corrected chi connectivity index (χ1v) is 14.8. The van der Waals surface area contributed by atoms with Gasteiger partial charge in [-0.1, -0.05) is 0 Å². The number of hydrogen-bond acceptors (Lipinski definition) is 7. The van der Waals surface area contributed by atoms with Crippen LogP contribution in [0.25, 0.3) is 0 Å². The molecule has 2 fully saturated rings. The molecular weight excluding hydrogens is 510 g/mol. The maximum atomic E-state index is 13.9. The van der Waals surface area contributed by atoms with E-state index in [0.717, 1.165) is 19.3 Å². The maximum absolute atomic E-state index is 13.9. The fourth-order valence-corrected chi connectivity index (χ4v) is 7.42. The van der Waals surface area contributed by atoms with Crippen molar-refractivity contribution in [3.05, 3.63) is 28.5 Å². The first kappa shape index (κ1) is 30.8. The van der Waals surface area contributed by atoms with E-state index >= 15 is 0 Å². The number of likely N-dealkylation sites (tertiary alicyclic amines) is 1. The number of hydroxylamine groups is 3. The lowest BCUT2D eigenvalue weighted by Crippen LogP contribution is -2.57. The Morgan fingerprint density at radius 2 is 1.79 bits per heavy atom. The Kier molecular flexibility index (Phi) is 9.87. The molecule has 0 N–H and O–H groups in total. The van der Waals surface area contributed by atoms with E-state index in [4.69, 9.17) is 14.2 Å². The van der Waals surface area contributed by atoms with Crippen molar-refractivity contribution in [1.82, 2.24) is 9.21 Å². The van der Waals surface area contributed by atoms with Crippen molar-refractivity contribution in [2.45, 2.75) is 63.5 Å². The zero-order chi connectivity index (χ0) is 28.3. The van der Waals surface area contributed by atoms with Gasteiger partial charge in [-0.3, -0.25) is 4.79 Å². The number of rotatable bonds is 10. The van der Waals surface area contributed by atoms with Crippen molar-refractivity contribution in [1.29, 1.82) is 0 Å². The van der Waals surface area contributed by atoms with Gasteiger partial charge in [-0.2, -0.15) is 4.31 Å². The molecule has 2 heterocycles. The van der Waals surface area contributed by atoms with Crippen LogP contribution in [0.4, 0.5) is 0 Å². The lowest BCUT2D eigenvalue weighted by Gasteiger charge is -2.43. The lowest BCUT2D eigenvalue weighted by atomic mass is 9.93. The van der Waals surface area contributed by atoms with Crippen molar-refractivity contribution in [3.63, 3.8) is 0 Å². The summed E-state index contributed by atoms with van der Waals surface area (Å²) in [6.45, 7) is 9.44. The molecule has 38 heavy (non-hydrogen) atoms. The number of amides is 1. The summed E-state index contributed by atoms with van der Waals surface area (Å²) in [4.78, 5) is 14.9. The number of piperidine rings is 1. The van der Waals surface area contributed by atoms with E-state index in [-0.39, 0.29) is 41.8 Å². The highest BCUT2D eigenvalue weighted by atomic mass is 32.2. The first-order valence-electron chi connectivity index (χ1n) is 13.3. The molecule has 1 atom stereocenters. The number of benzene rings is 1. The summed E-state index contributed by atoms with van der Waals surface area (Å²) in [5.74, 6) is 0.964. The van der Waals surface area contributed by atoms with E-state index in [1.165, 1.54) is 4.31 Å². The highest BCUT2D eigenvalue weighted by molar-refractivity contribution is 7.89. The molecule has 0 spiro atoms. The van der Waals surface area contributed by atoms with Crippen molar-refractivity contribution >= 4 is 15.9 Å². The Morgan fingerprint density at radius 1 is 1.18 bits per heavy atom. The first-order chi connectivity index (χ1) is 17.6. The molecule has 0 radical (unpaired) electrons. The van der Waals surface area contributed by atoms with Crippen LogP contribution in [0.15, 0.2) is 17.0 Å². The van der Waals surface area contributed by atoms with Crippen LogP contribution in [0, 0.1) is 25.0 Å². The molecule has 2 aliphatic rings. The van der Waals surface area contributed by atoms with Gasteiger partial charge >= 0.3 is 0 Å². The van der Waals surface area contributed by atoms with Crippen LogP contribution >= 0.6 is 0 Å². The van der Waals surface area contributed by atoms with E-state index in [2.05, 4.69) is 0 Å². The smallest absolute Gasteiger partial charge is 0.248 e. The number of morpholine rings is 1. The summed E-state index contributed by atoms with van der Waals surface area (Å²) in [6.07, 6.45) is 2.62. The fourth-order valence-electron chi connectivity index (χ4n) is 5.26. The molecule has 0 aliphatic carbocycles. The number of quaternary nitrogens is 1. The Balaban J connectivity index is 1.61. The molecule has 0 bridgehead atoms. The fraction of sp³-hybridized carbons (Fsp3) is 0.741. The van der Waals surface area contributed by atoms with Gasteiger partial charge in [-0.05, 0) is 76.1 Å². The number of sulfonamides is 1. The monoisotopic (exact) mass is 555 g/mol. The van der Waals surface area contributed by atoms with E-state index in [1.54, 1.807) is 52.1 Å². The molecule has 2 aliphatic heterocycles. The summed E-state index contributed by atoms with van der Waals surface area (Å²) in [7, 11) is 0.997. The number of nitrogens with zero attached hydrogens (tertiary/aromatic N) is 3. The second kappa shape index (κ2) is 12.2. The van der Waals surface area contributed by atoms with Gasteiger partial charge in [0.25, 0.3) is 0 Å². The Labute approximate surface area is 228 Å². The molecule has 2 saturated heterocycles. The number of aryl methyl sites for hydroxylation is 2. The average molecular weight is 556 g/mol. The molecule has 1 aromatic carbocycles. The Morgan fingerprint density at radius 3 is 2.34 bits per heavy atom. The SMILES string of the molecule is COc1cc(C)c(S(=O)(=O)N2CC(C)(C)OC[C@H]2COCC(=O)N2CCC(CC[N+](C)(C)[O-])CC2)c(C)c1. The van der Waals surface area contributed by atoms with Gasteiger partial charge in [0.15, 0.2) is 0 Å². The van der Waals surface area contributed by atoms with Crippen molar-refractivity contribution in [3.8, 4) is 5.75 Å². The molecule has 0 saturated carbocycles. The van der Waals surface area contributed by atoms with Gasteiger partial charge in [0.2, 0.25) is 15.9 Å². The van der Waals surface area contributed by atoms with E-state index in [0.29, 0.717) is 42.4 Å². The van der Waals surface area contributed by atoms with Crippen LogP contribution in [0.3, 0.4) is 0 Å². The summed E-state index contributed by atoms with van der Waals surface area (Å²) in [5.41, 5.74) is 0.572. The van der Waals surface area contributed by atoms with Crippen molar-refractivity contribution in [2.75, 3.05) is 67.2 Å². The normalized spacial score (nSPS) is 21.5. The largest absolute Gasteiger partial charge is 0.633 e.